The van der Waals surface area contributed by atoms with Crippen LogP contribution in [0.2, 0.25) is 0 Å². The molecule has 1 fully saturated rings. The molecule has 29 heavy (non-hydrogen) atoms. The molecule has 3 rings (SSSR count). The number of carbonyl (C=O) groups excluding carboxylic acids is 2. The zero-order valence-corrected chi connectivity index (χ0v) is 16.3. The van der Waals surface area contributed by atoms with E-state index >= 15 is 0 Å². The Morgan fingerprint density at radius 3 is 2.31 bits per heavy atom. The first-order chi connectivity index (χ1) is 14.0. The lowest BCUT2D eigenvalue weighted by molar-refractivity contribution is -0.135. The van der Waals surface area contributed by atoms with Gasteiger partial charge in [-0.1, -0.05) is 48.5 Å². The van der Waals surface area contributed by atoms with Crippen LogP contribution in [0.3, 0.4) is 0 Å². The zero-order chi connectivity index (χ0) is 20.6. The molecule has 0 unspecified atom stereocenters. The van der Waals surface area contributed by atoms with Crippen LogP contribution in [0.15, 0.2) is 54.6 Å². The van der Waals surface area contributed by atoms with E-state index in [2.05, 4.69) is 5.32 Å². The van der Waals surface area contributed by atoms with Crippen molar-refractivity contribution in [3.63, 3.8) is 0 Å². The number of carboxylic acid groups (broad SMARTS) is 1. The van der Waals surface area contributed by atoms with Gasteiger partial charge in [-0.05, 0) is 36.5 Å². The van der Waals surface area contributed by atoms with Gasteiger partial charge in [0, 0.05) is 32.0 Å². The van der Waals surface area contributed by atoms with Crippen LogP contribution in [0.1, 0.15) is 40.7 Å². The predicted molar refractivity (Wildman–Crippen MR) is 109 cm³/mol. The summed E-state index contributed by atoms with van der Waals surface area (Å²) in [5, 5.41) is 12.2. The summed E-state index contributed by atoms with van der Waals surface area (Å²) in [6.07, 6.45) is 1.98. The lowest BCUT2D eigenvalue weighted by Crippen LogP contribution is -2.43. The predicted octanol–water partition coefficient (Wildman–Crippen LogP) is 2.87. The van der Waals surface area contributed by atoms with Gasteiger partial charge in [-0.25, -0.2) is 4.79 Å². The Hall–Kier alpha value is -3.15. The largest absolute Gasteiger partial charge is 0.478 e. The van der Waals surface area contributed by atoms with E-state index in [1.54, 1.807) is 29.2 Å². The highest BCUT2D eigenvalue weighted by atomic mass is 16.4. The summed E-state index contributed by atoms with van der Waals surface area (Å²) < 4.78 is 0. The molecule has 0 saturated carbocycles. The highest BCUT2D eigenvalue weighted by Gasteiger charge is 2.27. The average Bonchev–Trinajstić information content (AvgIpc) is 2.76. The minimum Gasteiger partial charge on any atom is -0.478 e. The van der Waals surface area contributed by atoms with Crippen LogP contribution < -0.4 is 5.32 Å². The number of amides is 2. The van der Waals surface area contributed by atoms with E-state index in [9.17, 15) is 19.5 Å². The maximum absolute atomic E-state index is 12.5. The van der Waals surface area contributed by atoms with E-state index in [1.165, 1.54) is 0 Å². The van der Waals surface area contributed by atoms with Crippen LogP contribution in [0.25, 0.3) is 0 Å². The molecule has 1 saturated heterocycles. The number of likely N-dealkylation sites (tertiary alicyclic amines) is 1. The van der Waals surface area contributed by atoms with Crippen molar-refractivity contribution in [3.8, 4) is 0 Å². The number of nitrogens with zero attached hydrogens (tertiary/aromatic N) is 1. The van der Waals surface area contributed by atoms with Crippen LogP contribution >= 0.6 is 0 Å². The highest BCUT2D eigenvalue weighted by Crippen LogP contribution is 2.19. The first kappa shape index (κ1) is 20.6. The fraction of sp³-hybridized carbons (Fsp3) is 0.348. The van der Waals surface area contributed by atoms with Gasteiger partial charge < -0.3 is 15.3 Å². The Labute approximate surface area is 170 Å². The van der Waals surface area contributed by atoms with E-state index < -0.39 is 5.97 Å². The van der Waals surface area contributed by atoms with E-state index in [0.29, 0.717) is 44.5 Å². The van der Waals surface area contributed by atoms with Gasteiger partial charge in [0.05, 0.1) is 5.56 Å². The van der Waals surface area contributed by atoms with Gasteiger partial charge in [-0.2, -0.15) is 0 Å². The van der Waals surface area contributed by atoms with Crippen molar-refractivity contribution in [3.05, 3.63) is 71.3 Å². The van der Waals surface area contributed by atoms with Crippen LogP contribution in [-0.2, 0) is 22.6 Å². The molecule has 1 aliphatic rings. The summed E-state index contributed by atoms with van der Waals surface area (Å²) in [4.78, 5) is 38.0. The van der Waals surface area contributed by atoms with Crippen LogP contribution in [0.4, 0.5) is 0 Å². The minimum atomic E-state index is -0.977. The van der Waals surface area contributed by atoms with Crippen molar-refractivity contribution in [2.24, 2.45) is 5.92 Å². The average molecular weight is 394 g/mol. The van der Waals surface area contributed by atoms with Gasteiger partial charge in [0.2, 0.25) is 11.8 Å². The molecule has 1 heterocycles. The number of aromatic carboxylic acids is 1. The fourth-order valence-corrected chi connectivity index (χ4v) is 3.67. The van der Waals surface area contributed by atoms with Crippen LogP contribution in [0.5, 0.6) is 0 Å². The van der Waals surface area contributed by atoms with Crippen molar-refractivity contribution in [1.82, 2.24) is 10.2 Å². The third kappa shape index (κ3) is 5.67. The van der Waals surface area contributed by atoms with Gasteiger partial charge in [0.1, 0.15) is 0 Å². The number of piperidine rings is 1. The van der Waals surface area contributed by atoms with E-state index in [4.69, 9.17) is 0 Å². The highest BCUT2D eigenvalue weighted by molar-refractivity contribution is 5.89. The second-order valence-corrected chi connectivity index (χ2v) is 7.32. The third-order valence-corrected chi connectivity index (χ3v) is 5.38. The molecule has 2 N–H and O–H groups in total. The number of benzene rings is 2. The minimum absolute atomic E-state index is 0.00772. The summed E-state index contributed by atoms with van der Waals surface area (Å²) in [7, 11) is 0. The Morgan fingerprint density at radius 2 is 1.62 bits per heavy atom. The Bertz CT molecular complexity index is 858. The molecule has 0 spiro atoms. The van der Waals surface area contributed by atoms with Crippen molar-refractivity contribution in [1.29, 1.82) is 0 Å². The summed E-state index contributed by atoms with van der Waals surface area (Å²) in [6.45, 7) is 1.63. The van der Waals surface area contributed by atoms with E-state index in [-0.39, 0.29) is 29.7 Å². The molecule has 152 valence electrons. The van der Waals surface area contributed by atoms with E-state index in [1.807, 2.05) is 30.3 Å². The van der Waals surface area contributed by atoms with Gasteiger partial charge >= 0.3 is 5.97 Å². The number of hydrogen-bond donors (Lipinski definition) is 2. The molecule has 0 aliphatic carbocycles. The van der Waals surface area contributed by atoms with Crippen molar-refractivity contribution in [2.75, 3.05) is 13.1 Å². The lowest BCUT2D eigenvalue weighted by atomic mass is 9.95. The standard InChI is InChI=1S/C23H26N2O4/c26-21(11-10-18-8-4-5-9-20(18)23(28)29)25-14-12-19(13-15-25)22(27)24-16-17-6-2-1-3-7-17/h1-9,19H,10-16H2,(H,24,27)(H,28,29). The van der Waals surface area contributed by atoms with Gasteiger partial charge in [0.15, 0.2) is 0 Å². The quantitative estimate of drug-likeness (QED) is 0.756. The molecule has 2 amide bonds. The van der Waals surface area contributed by atoms with Gasteiger partial charge in [0.25, 0.3) is 0 Å². The molecule has 0 aromatic heterocycles. The molecule has 6 nitrogen and oxygen atoms in total. The Balaban J connectivity index is 1.43. The Kier molecular flexibility index (Phi) is 7.00. The van der Waals surface area contributed by atoms with Crippen molar-refractivity contribution in [2.45, 2.75) is 32.2 Å². The smallest absolute Gasteiger partial charge is 0.335 e. The van der Waals surface area contributed by atoms with Crippen molar-refractivity contribution < 1.29 is 19.5 Å². The third-order valence-electron chi connectivity index (χ3n) is 5.38. The molecule has 0 radical (unpaired) electrons. The number of hydrogen-bond acceptors (Lipinski definition) is 3. The molecule has 1 aliphatic heterocycles. The number of nitrogens with one attached hydrogen (secondary N) is 1. The normalized spacial score (nSPS) is 14.4. The van der Waals surface area contributed by atoms with E-state index in [0.717, 1.165) is 5.56 Å². The molecular weight excluding hydrogens is 368 g/mol. The summed E-state index contributed by atoms with van der Waals surface area (Å²) in [6, 6.07) is 16.6. The van der Waals surface area contributed by atoms with Crippen LogP contribution in [0, 0.1) is 5.92 Å². The first-order valence-corrected chi connectivity index (χ1v) is 9.95. The number of carboxylic acids is 1. The summed E-state index contributed by atoms with van der Waals surface area (Å²) in [5.74, 6) is -1.00. The maximum atomic E-state index is 12.5. The molecule has 6 heteroatoms. The Morgan fingerprint density at radius 1 is 0.966 bits per heavy atom. The monoisotopic (exact) mass is 394 g/mol. The molecule has 2 aromatic carbocycles. The zero-order valence-electron chi connectivity index (χ0n) is 16.3. The second kappa shape index (κ2) is 9.87. The summed E-state index contributed by atoms with van der Waals surface area (Å²) in [5.41, 5.74) is 1.98. The maximum Gasteiger partial charge on any atom is 0.335 e. The van der Waals surface area contributed by atoms with Crippen LogP contribution in [-0.4, -0.2) is 40.9 Å². The molecular formula is C23H26N2O4. The SMILES string of the molecule is O=C(O)c1ccccc1CCC(=O)N1CCC(C(=O)NCc2ccccc2)CC1. The second-order valence-electron chi connectivity index (χ2n) is 7.32. The van der Waals surface area contributed by atoms with Gasteiger partial charge in [-0.3, -0.25) is 9.59 Å². The molecule has 0 bridgehead atoms. The number of aryl methyl sites for hydroxylation is 1. The van der Waals surface area contributed by atoms with Crippen molar-refractivity contribution >= 4 is 17.8 Å². The topological polar surface area (TPSA) is 86.7 Å². The summed E-state index contributed by atoms with van der Waals surface area (Å²) >= 11 is 0. The number of rotatable bonds is 7. The number of carbonyl (C=O) groups is 3. The molecule has 0 atom stereocenters. The lowest BCUT2D eigenvalue weighted by Gasteiger charge is -2.31. The van der Waals surface area contributed by atoms with Gasteiger partial charge in [-0.15, -0.1) is 0 Å². The fourth-order valence-electron chi connectivity index (χ4n) is 3.67. The first-order valence-electron chi connectivity index (χ1n) is 9.95. The molecule has 2 aromatic rings.